The van der Waals surface area contributed by atoms with Gasteiger partial charge in [-0.05, 0) is 25.1 Å². The Bertz CT molecular complexity index is 446. The zero-order valence-corrected chi connectivity index (χ0v) is 10.4. The smallest absolute Gasteiger partial charge is 0.325 e. The first kappa shape index (κ1) is 13.8. The van der Waals surface area contributed by atoms with E-state index in [9.17, 15) is 9.59 Å². The molecular weight excluding hydrogens is 236 g/mol. The van der Waals surface area contributed by atoms with E-state index in [2.05, 4.69) is 5.32 Å². The first-order valence-electron chi connectivity index (χ1n) is 5.45. The predicted molar refractivity (Wildman–Crippen MR) is 66.6 cm³/mol. The van der Waals surface area contributed by atoms with Crippen LogP contribution < -0.4 is 15.8 Å². The van der Waals surface area contributed by atoms with Gasteiger partial charge in [-0.25, -0.2) is 0 Å². The molecule has 98 valence electrons. The van der Waals surface area contributed by atoms with E-state index in [-0.39, 0.29) is 12.5 Å². The third-order valence-electron chi connectivity index (χ3n) is 2.21. The van der Waals surface area contributed by atoms with Gasteiger partial charge in [0.1, 0.15) is 12.3 Å². The minimum atomic E-state index is -0.537. The molecule has 6 nitrogen and oxygen atoms in total. The summed E-state index contributed by atoms with van der Waals surface area (Å²) in [4.78, 5) is 22.2. The summed E-state index contributed by atoms with van der Waals surface area (Å²) >= 11 is 0. The minimum absolute atomic E-state index is 0.0279. The molecule has 6 heteroatoms. The summed E-state index contributed by atoms with van der Waals surface area (Å²) in [6.45, 7) is 2.10. The highest BCUT2D eigenvalue weighted by Gasteiger charge is 2.09. The van der Waals surface area contributed by atoms with Crippen molar-refractivity contribution in [3.63, 3.8) is 0 Å². The van der Waals surface area contributed by atoms with Crippen LogP contribution in [0, 0.1) is 0 Å². The number of nitrogens with two attached hydrogens (primary N) is 1. The van der Waals surface area contributed by atoms with Crippen molar-refractivity contribution in [1.29, 1.82) is 0 Å². The molecule has 0 unspecified atom stereocenters. The second kappa shape index (κ2) is 6.48. The van der Waals surface area contributed by atoms with Crippen molar-refractivity contribution >= 4 is 17.6 Å². The van der Waals surface area contributed by atoms with Gasteiger partial charge in [-0.1, -0.05) is 0 Å². The fraction of sp³-hybridized carbons (Fsp3) is 0.333. The first-order chi connectivity index (χ1) is 8.58. The van der Waals surface area contributed by atoms with Crippen molar-refractivity contribution in [2.45, 2.75) is 6.92 Å². The normalized spacial score (nSPS) is 9.67. The highest BCUT2D eigenvalue weighted by molar-refractivity contribution is 5.94. The maximum absolute atomic E-state index is 11.2. The van der Waals surface area contributed by atoms with E-state index in [1.54, 1.807) is 19.1 Å². The number of carbonyl (C=O) groups excluding carboxylic acids is 2. The minimum Gasteiger partial charge on any atom is -0.495 e. The molecule has 18 heavy (non-hydrogen) atoms. The lowest BCUT2D eigenvalue weighted by Crippen LogP contribution is -2.17. The van der Waals surface area contributed by atoms with Gasteiger partial charge in [0.05, 0.1) is 19.4 Å². The monoisotopic (exact) mass is 252 g/mol. The molecule has 0 aromatic heterocycles. The summed E-state index contributed by atoms with van der Waals surface area (Å²) in [6.07, 6.45) is 0. The largest absolute Gasteiger partial charge is 0.495 e. The van der Waals surface area contributed by atoms with Crippen LogP contribution in [0.15, 0.2) is 18.2 Å². The van der Waals surface area contributed by atoms with Crippen LogP contribution >= 0.6 is 0 Å². The van der Waals surface area contributed by atoms with Crippen LogP contribution in [0.1, 0.15) is 17.3 Å². The van der Waals surface area contributed by atoms with Crippen LogP contribution in [-0.2, 0) is 9.53 Å². The van der Waals surface area contributed by atoms with Gasteiger partial charge in [-0.15, -0.1) is 0 Å². The third kappa shape index (κ3) is 3.65. The average molecular weight is 252 g/mol. The fourth-order valence-corrected chi connectivity index (χ4v) is 1.37. The van der Waals surface area contributed by atoms with Gasteiger partial charge < -0.3 is 20.5 Å². The standard InChI is InChI=1S/C12H16N2O4/c1-3-18-11(15)7-14-9-5-4-8(12(13)16)6-10(9)17-2/h4-6,14H,3,7H2,1-2H3,(H2,13,16). The number of primary amides is 1. The number of benzene rings is 1. The van der Waals surface area contributed by atoms with E-state index in [0.29, 0.717) is 23.6 Å². The van der Waals surface area contributed by atoms with Crippen molar-refractivity contribution in [3.8, 4) is 5.75 Å². The number of esters is 1. The van der Waals surface area contributed by atoms with Gasteiger partial charge in [0.15, 0.2) is 0 Å². The molecule has 0 aliphatic carbocycles. The summed E-state index contributed by atoms with van der Waals surface area (Å²) in [5.41, 5.74) is 6.09. The lowest BCUT2D eigenvalue weighted by atomic mass is 10.2. The quantitative estimate of drug-likeness (QED) is 0.730. The number of amides is 1. The zero-order chi connectivity index (χ0) is 13.5. The Morgan fingerprint density at radius 3 is 2.67 bits per heavy atom. The molecular formula is C12H16N2O4. The molecule has 3 N–H and O–H groups in total. The molecule has 0 atom stereocenters. The van der Waals surface area contributed by atoms with E-state index in [0.717, 1.165) is 0 Å². The van der Waals surface area contributed by atoms with Crippen LogP contribution in [0.4, 0.5) is 5.69 Å². The van der Waals surface area contributed by atoms with Crippen LogP contribution in [0.25, 0.3) is 0 Å². The predicted octanol–water partition coefficient (Wildman–Crippen LogP) is 0.769. The Balaban J connectivity index is 2.76. The maximum atomic E-state index is 11.2. The Kier molecular flexibility index (Phi) is 4.98. The van der Waals surface area contributed by atoms with E-state index >= 15 is 0 Å². The molecule has 1 aromatic carbocycles. The number of anilines is 1. The number of hydrogen-bond donors (Lipinski definition) is 2. The molecule has 0 bridgehead atoms. The number of ether oxygens (including phenoxy) is 2. The number of nitrogens with one attached hydrogen (secondary N) is 1. The second-order valence-corrected chi connectivity index (χ2v) is 3.44. The highest BCUT2D eigenvalue weighted by atomic mass is 16.5. The van der Waals surface area contributed by atoms with Gasteiger partial charge in [0.2, 0.25) is 5.91 Å². The van der Waals surface area contributed by atoms with Crippen LogP contribution in [0.2, 0.25) is 0 Å². The Morgan fingerprint density at radius 1 is 1.39 bits per heavy atom. The molecule has 0 fully saturated rings. The van der Waals surface area contributed by atoms with E-state index < -0.39 is 5.91 Å². The lowest BCUT2D eigenvalue weighted by Gasteiger charge is -2.11. The van der Waals surface area contributed by atoms with E-state index in [1.807, 2.05) is 0 Å². The molecule has 0 spiro atoms. The molecule has 0 radical (unpaired) electrons. The maximum Gasteiger partial charge on any atom is 0.325 e. The number of carbonyl (C=O) groups is 2. The van der Waals surface area contributed by atoms with Gasteiger partial charge in [-0.2, -0.15) is 0 Å². The van der Waals surface area contributed by atoms with Crippen LogP contribution in [0.3, 0.4) is 0 Å². The zero-order valence-electron chi connectivity index (χ0n) is 10.4. The topological polar surface area (TPSA) is 90.6 Å². The van der Waals surface area contributed by atoms with Gasteiger partial charge >= 0.3 is 5.97 Å². The SMILES string of the molecule is CCOC(=O)CNc1ccc(C(N)=O)cc1OC. The molecule has 1 amide bonds. The van der Waals surface area contributed by atoms with Crippen molar-refractivity contribution in [3.05, 3.63) is 23.8 Å². The number of rotatable bonds is 6. The van der Waals surface area contributed by atoms with Crippen LogP contribution in [-0.4, -0.2) is 32.1 Å². The van der Waals surface area contributed by atoms with Gasteiger partial charge in [0, 0.05) is 5.56 Å². The molecule has 0 saturated heterocycles. The van der Waals surface area contributed by atoms with Gasteiger partial charge in [0.25, 0.3) is 0 Å². The van der Waals surface area contributed by atoms with E-state index in [1.165, 1.54) is 13.2 Å². The van der Waals surface area contributed by atoms with Crippen molar-refractivity contribution < 1.29 is 19.1 Å². The fourth-order valence-electron chi connectivity index (χ4n) is 1.37. The highest BCUT2D eigenvalue weighted by Crippen LogP contribution is 2.25. The molecule has 1 aromatic rings. The number of hydrogen-bond acceptors (Lipinski definition) is 5. The second-order valence-electron chi connectivity index (χ2n) is 3.44. The molecule has 1 rings (SSSR count). The molecule has 0 saturated carbocycles. The van der Waals surface area contributed by atoms with Gasteiger partial charge in [-0.3, -0.25) is 9.59 Å². The van der Waals surface area contributed by atoms with Crippen molar-refractivity contribution in [2.24, 2.45) is 5.73 Å². The third-order valence-corrected chi connectivity index (χ3v) is 2.21. The summed E-state index contributed by atoms with van der Waals surface area (Å²) in [5, 5.41) is 2.86. The Morgan fingerprint density at radius 2 is 2.11 bits per heavy atom. The summed E-state index contributed by atoms with van der Waals surface area (Å²) in [7, 11) is 1.47. The van der Waals surface area contributed by atoms with Crippen molar-refractivity contribution in [2.75, 3.05) is 25.6 Å². The summed E-state index contributed by atoms with van der Waals surface area (Å²) in [5.74, 6) is -0.459. The number of methoxy groups -OCH3 is 1. The Labute approximate surface area is 105 Å². The average Bonchev–Trinajstić information content (AvgIpc) is 2.36. The molecule has 0 aliphatic rings. The molecule has 0 heterocycles. The van der Waals surface area contributed by atoms with E-state index in [4.69, 9.17) is 15.2 Å². The van der Waals surface area contributed by atoms with Crippen LogP contribution in [0.5, 0.6) is 5.75 Å². The Hall–Kier alpha value is -2.24. The summed E-state index contributed by atoms with van der Waals surface area (Å²) < 4.78 is 9.89. The lowest BCUT2D eigenvalue weighted by molar-refractivity contribution is -0.140. The summed E-state index contributed by atoms with van der Waals surface area (Å²) in [6, 6.07) is 4.69. The van der Waals surface area contributed by atoms with Crippen molar-refractivity contribution in [1.82, 2.24) is 0 Å². The molecule has 0 aliphatic heterocycles. The first-order valence-corrected chi connectivity index (χ1v) is 5.45.